The highest BCUT2D eigenvalue weighted by atomic mass is 35.5. The normalized spacial score (nSPS) is 23.0. The third kappa shape index (κ3) is 4.71. The Hall–Kier alpha value is -1.59. The van der Waals surface area contributed by atoms with Gasteiger partial charge < -0.3 is 16.4 Å². The van der Waals surface area contributed by atoms with Crippen LogP contribution in [0, 0.1) is 11.8 Å². The first-order chi connectivity index (χ1) is 11.1. The quantitative estimate of drug-likeness (QED) is 0.762. The van der Waals surface area contributed by atoms with E-state index >= 15 is 0 Å². The van der Waals surface area contributed by atoms with E-state index in [2.05, 4.69) is 10.6 Å². The van der Waals surface area contributed by atoms with Crippen molar-refractivity contribution in [3.05, 3.63) is 29.8 Å². The van der Waals surface area contributed by atoms with Crippen molar-refractivity contribution in [3.63, 3.8) is 0 Å². The van der Waals surface area contributed by atoms with Crippen LogP contribution in [-0.2, 0) is 16.1 Å². The number of hydrogen-bond donors (Lipinski definition) is 3. The summed E-state index contributed by atoms with van der Waals surface area (Å²) in [5.41, 5.74) is 7.65. The Morgan fingerprint density at radius 3 is 2.50 bits per heavy atom. The molecule has 0 saturated heterocycles. The molecule has 132 valence electrons. The molecule has 2 saturated carbocycles. The molecule has 2 aliphatic carbocycles. The fraction of sp³-hybridized carbons (Fsp3) is 0.556. The summed E-state index contributed by atoms with van der Waals surface area (Å²) in [6, 6.07) is 7.84. The molecule has 0 radical (unpaired) electrons. The molecule has 2 fully saturated rings. The van der Waals surface area contributed by atoms with Gasteiger partial charge in [-0.2, -0.15) is 0 Å². The number of nitrogens with two attached hydrogens (primary N) is 1. The van der Waals surface area contributed by atoms with Crippen molar-refractivity contribution in [3.8, 4) is 0 Å². The van der Waals surface area contributed by atoms with E-state index in [4.69, 9.17) is 5.73 Å². The zero-order chi connectivity index (χ0) is 16.2. The molecular weight excluding hydrogens is 326 g/mol. The van der Waals surface area contributed by atoms with E-state index in [-0.39, 0.29) is 42.1 Å². The molecule has 0 aliphatic heterocycles. The Kier molecular flexibility index (Phi) is 6.63. The molecule has 2 amide bonds. The number of amides is 2. The lowest BCUT2D eigenvalue weighted by Crippen LogP contribution is -2.30. The summed E-state index contributed by atoms with van der Waals surface area (Å²) < 4.78 is 0. The molecule has 0 spiro atoms. The minimum Gasteiger partial charge on any atom is -0.352 e. The smallest absolute Gasteiger partial charge is 0.227 e. The van der Waals surface area contributed by atoms with Crippen molar-refractivity contribution in [1.29, 1.82) is 0 Å². The molecule has 3 rings (SSSR count). The third-order valence-electron chi connectivity index (χ3n) is 4.98. The molecule has 1 aromatic carbocycles. The van der Waals surface area contributed by atoms with Crippen LogP contribution < -0.4 is 16.4 Å². The van der Waals surface area contributed by atoms with E-state index in [1.807, 2.05) is 24.3 Å². The van der Waals surface area contributed by atoms with Gasteiger partial charge in [0.1, 0.15) is 0 Å². The first-order valence-electron chi connectivity index (χ1n) is 8.55. The predicted molar refractivity (Wildman–Crippen MR) is 96.8 cm³/mol. The average Bonchev–Trinajstić information content (AvgIpc) is 2.90. The molecule has 5 nitrogen and oxygen atoms in total. The molecule has 2 atom stereocenters. The number of benzene rings is 1. The molecule has 2 unspecified atom stereocenters. The maximum absolute atomic E-state index is 12.1. The fourth-order valence-corrected chi connectivity index (χ4v) is 3.26. The van der Waals surface area contributed by atoms with Gasteiger partial charge in [-0.25, -0.2) is 0 Å². The van der Waals surface area contributed by atoms with E-state index in [1.54, 1.807) is 0 Å². The fourth-order valence-electron chi connectivity index (χ4n) is 3.26. The highest BCUT2D eigenvalue weighted by Crippen LogP contribution is 2.28. The van der Waals surface area contributed by atoms with Crippen LogP contribution in [0.3, 0.4) is 0 Å². The maximum Gasteiger partial charge on any atom is 0.227 e. The van der Waals surface area contributed by atoms with Crippen LogP contribution in [-0.4, -0.2) is 17.9 Å². The van der Waals surface area contributed by atoms with Crippen molar-refractivity contribution >= 4 is 29.9 Å². The number of carbonyl (C=O) groups is 2. The highest BCUT2D eigenvalue weighted by Gasteiger charge is 2.27. The molecule has 6 heteroatoms. The summed E-state index contributed by atoms with van der Waals surface area (Å²) >= 11 is 0. The van der Waals surface area contributed by atoms with Gasteiger partial charge >= 0.3 is 0 Å². The number of nitrogens with one attached hydrogen (secondary N) is 2. The molecule has 0 bridgehead atoms. The maximum atomic E-state index is 12.1. The molecule has 0 aromatic heterocycles. The molecule has 24 heavy (non-hydrogen) atoms. The topological polar surface area (TPSA) is 84.2 Å². The molecular formula is C18H26ClN3O2. The first kappa shape index (κ1) is 18.7. The van der Waals surface area contributed by atoms with Gasteiger partial charge in [-0.3, -0.25) is 9.59 Å². The largest absolute Gasteiger partial charge is 0.352 e. The van der Waals surface area contributed by atoms with E-state index < -0.39 is 0 Å². The van der Waals surface area contributed by atoms with Crippen LogP contribution >= 0.6 is 12.4 Å². The van der Waals surface area contributed by atoms with Crippen molar-refractivity contribution < 1.29 is 9.59 Å². The predicted octanol–water partition coefficient (Wildman–Crippen LogP) is 2.59. The highest BCUT2D eigenvalue weighted by molar-refractivity contribution is 5.93. The second-order valence-electron chi connectivity index (χ2n) is 6.81. The van der Waals surface area contributed by atoms with Crippen LogP contribution in [0.1, 0.15) is 44.1 Å². The summed E-state index contributed by atoms with van der Waals surface area (Å²) in [5, 5.41) is 5.94. The number of rotatable bonds is 5. The molecule has 4 N–H and O–H groups in total. The van der Waals surface area contributed by atoms with Gasteiger partial charge in [0.15, 0.2) is 0 Å². The van der Waals surface area contributed by atoms with Gasteiger partial charge in [0, 0.05) is 30.1 Å². The lowest BCUT2D eigenvalue weighted by molar-refractivity contribution is -0.125. The Balaban J connectivity index is 0.00000208. The third-order valence-corrected chi connectivity index (χ3v) is 4.98. The summed E-state index contributed by atoms with van der Waals surface area (Å²) in [7, 11) is 0. The van der Waals surface area contributed by atoms with Gasteiger partial charge in [-0.1, -0.05) is 18.6 Å². The lowest BCUT2D eigenvalue weighted by atomic mass is 9.85. The summed E-state index contributed by atoms with van der Waals surface area (Å²) in [4.78, 5) is 24.1. The van der Waals surface area contributed by atoms with Crippen molar-refractivity contribution in [1.82, 2.24) is 5.32 Å². The summed E-state index contributed by atoms with van der Waals surface area (Å²) in [5.74, 6) is 0.413. The summed E-state index contributed by atoms with van der Waals surface area (Å²) in [6.07, 6.45) is 5.72. The van der Waals surface area contributed by atoms with Gasteiger partial charge in [0.25, 0.3) is 0 Å². The van der Waals surface area contributed by atoms with Crippen molar-refractivity contribution in [2.75, 3.05) is 5.32 Å². The first-order valence-corrected chi connectivity index (χ1v) is 8.55. The number of anilines is 1. The van der Waals surface area contributed by atoms with Crippen LogP contribution in [0.15, 0.2) is 24.3 Å². The second-order valence-corrected chi connectivity index (χ2v) is 6.81. The van der Waals surface area contributed by atoms with Crippen LogP contribution in [0.5, 0.6) is 0 Å². The number of carbonyl (C=O) groups excluding carboxylic acids is 2. The zero-order valence-corrected chi connectivity index (χ0v) is 14.6. The van der Waals surface area contributed by atoms with E-state index in [9.17, 15) is 9.59 Å². The molecule has 2 aliphatic rings. The number of hydrogen-bond acceptors (Lipinski definition) is 3. The monoisotopic (exact) mass is 351 g/mol. The Labute approximate surface area is 149 Å². The number of halogens is 1. The van der Waals surface area contributed by atoms with Gasteiger partial charge in [0.2, 0.25) is 11.8 Å². The van der Waals surface area contributed by atoms with E-state index in [0.29, 0.717) is 6.54 Å². The zero-order valence-electron chi connectivity index (χ0n) is 13.8. The molecule has 1 aromatic rings. The summed E-state index contributed by atoms with van der Waals surface area (Å²) in [6.45, 7) is 0.484. The van der Waals surface area contributed by atoms with E-state index in [1.165, 1.54) is 0 Å². The minimum absolute atomic E-state index is 0. The second kappa shape index (κ2) is 8.49. The van der Waals surface area contributed by atoms with E-state index in [0.717, 1.165) is 49.8 Å². The Morgan fingerprint density at radius 1 is 1.08 bits per heavy atom. The van der Waals surface area contributed by atoms with Crippen molar-refractivity contribution in [2.45, 2.75) is 51.1 Å². The van der Waals surface area contributed by atoms with Gasteiger partial charge in [0.05, 0.1) is 0 Å². The lowest BCUT2D eigenvalue weighted by Gasteiger charge is -2.24. The standard InChI is InChI=1S/C18H25N3O2.ClH/c19-15-8-7-14(10-15)17(22)20-11-12-3-1-6-16(9-12)21-18(23)13-4-2-5-13;/h1,3,6,9,13-15H,2,4-5,7-8,10-11,19H2,(H,20,22)(H,21,23);1H. The van der Waals surface area contributed by atoms with Crippen LogP contribution in [0.2, 0.25) is 0 Å². The van der Waals surface area contributed by atoms with Gasteiger partial charge in [-0.05, 0) is 49.8 Å². The Morgan fingerprint density at radius 2 is 1.88 bits per heavy atom. The SMILES string of the molecule is Cl.NC1CCC(C(=O)NCc2cccc(NC(=O)C3CCC3)c2)C1. The van der Waals surface area contributed by atoms with Crippen LogP contribution in [0.4, 0.5) is 5.69 Å². The van der Waals surface area contributed by atoms with Crippen molar-refractivity contribution in [2.24, 2.45) is 17.6 Å². The minimum atomic E-state index is 0. The van der Waals surface area contributed by atoms with Gasteiger partial charge in [-0.15, -0.1) is 12.4 Å². The molecule has 0 heterocycles. The average molecular weight is 352 g/mol. The Bertz CT molecular complexity index is 589. The van der Waals surface area contributed by atoms with Crippen LogP contribution in [0.25, 0.3) is 0 Å².